The summed E-state index contributed by atoms with van der Waals surface area (Å²) in [5.41, 5.74) is 2.47. The van der Waals surface area contributed by atoms with Crippen LogP contribution in [0, 0.1) is 6.92 Å². The summed E-state index contributed by atoms with van der Waals surface area (Å²) in [6.45, 7) is 3.87. The van der Waals surface area contributed by atoms with E-state index in [1.165, 1.54) is 6.26 Å². The lowest BCUT2D eigenvalue weighted by atomic mass is 10.1. The predicted molar refractivity (Wildman–Crippen MR) is 74.9 cm³/mol. The van der Waals surface area contributed by atoms with Gasteiger partial charge >= 0.3 is 0 Å². The summed E-state index contributed by atoms with van der Waals surface area (Å²) in [5, 5.41) is 2.90. The lowest BCUT2D eigenvalue weighted by Crippen LogP contribution is -2.12. The van der Waals surface area contributed by atoms with Gasteiger partial charge in [0.05, 0.1) is 5.56 Å². The van der Waals surface area contributed by atoms with Crippen LogP contribution in [-0.2, 0) is 6.42 Å². The molecule has 0 radical (unpaired) electrons. The van der Waals surface area contributed by atoms with E-state index in [1.54, 1.807) is 6.07 Å². The first kappa shape index (κ1) is 12.9. The van der Waals surface area contributed by atoms with Crippen LogP contribution in [0.5, 0.6) is 0 Å². The SMILES string of the molecule is CCc1cc(Br)ccc1NC(=O)c1coc(C)c1. The van der Waals surface area contributed by atoms with Crippen molar-refractivity contribution >= 4 is 27.5 Å². The van der Waals surface area contributed by atoms with Gasteiger partial charge in [-0.1, -0.05) is 22.9 Å². The quantitative estimate of drug-likeness (QED) is 0.925. The van der Waals surface area contributed by atoms with E-state index in [0.29, 0.717) is 5.56 Å². The monoisotopic (exact) mass is 307 g/mol. The van der Waals surface area contributed by atoms with Crippen LogP contribution in [0.15, 0.2) is 39.4 Å². The standard InChI is InChI=1S/C14H14BrNO2/c1-3-10-7-12(15)4-5-13(10)16-14(17)11-6-9(2)18-8-11/h4-8H,3H2,1-2H3,(H,16,17). The van der Waals surface area contributed by atoms with Crippen LogP contribution in [0.2, 0.25) is 0 Å². The second kappa shape index (κ2) is 5.40. The number of amides is 1. The van der Waals surface area contributed by atoms with E-state index < -0.39 is 0 Å². The van der Waals surface area contributed by atoms with Crippen LogP contribution >= 0.6 is 15.9 Å². The molecule has 0 aliphatic heterocycles. The van der Waals surface area contributed by atoms with E-state index in [9.17, 15) is 4.79 Å². The van der Waals surface area contributed by atoms with Crippen molar-refractivity contribution in [2.75, 3.05) is 5.32 Å². The van der Waals surface area contributed by atoms with Crippen molar-refractivity contribution in [3.63, 3.8) is 0 Å². The van der Waals surface area contributed by atoms with Gasteiger partial charge in [-0.15, -0.1) is 0 Å². The van der Waals surface area contributed by atoms with Gasteiger partial charge in [-0.2, -0.15) is 0 Å². The number of nitrogens with one attached hydrogen (secondary N) is 1. The molecule has 1 N–H and O–H groups in total. The number of anilines is 1. The van der Waals surface area contributed by atoms with Crippen LogP contribution < -0.4 is 5.32 Å². The number of aryl methyl sites for hydroxylation is 2. The third-order valence-electron chi connectivity index (χ3n) is 2.69. The molecule has 0 fully saturated rings. The van der Waals surface area contributed by atoms with Gasteiger partial charge in [0.15, 0.2) is 0 Å². The van der Waals surface area contributed by atoms with Crippen LogP contribution in [0.25, 0.3) is 0 Å². The maximum absolute atomic E-state index is 12.0. The summed E-state index contributed by atoms with van der Waals surface area (Å²) >= 11 is 3.42. The van der Waals surface area contributed by atoms with Crippen molar-refractivity contribution in [1.82, 2.24) is 0 Å². The molecule has 1 amide bonds. The smallest absolute Gasteiger partial charge is 0.258 e. The predicted octanol–water partition coefficient (Wildman–Crippen LogP) is 4.17. The highest BCUT2D eigenvalue weighted by molar-refractivity contribution is 9.10. The Labute approximate surface area is 114 Å². The molecule has 0 bridgehead atoms. The minimum atomic E-state index is -0.149. The molecule has 0 saturated carbocycles. The van der Waals surface area contributed by atoms with Gasteiger partial charge in [0, 0.05) is 10.2 Å². The average molecular weight is 308 g/mol. The van der Waals surface area contributed by atoms with E-state index in [4.69, 9.17) is 4.42 Å². The fourth-order valence-corrected chi connectivity index (χ4v) is 2.14. The zero-order valence-electron chi connectivity index (χ0n) is 10.3. The Morgan fingerprint density at radius 3 is 2.78 bits per heavy atom. The number of furan rings is 1. The highest BCUT2D eigenvalue weighted by Gasteiger charge is 2.10. The molecule has 0 unspecified atom stereocenters. The second-order valence-corrected chi connectivity index (χ2v) is 4.97. The minimum Gasteiger partial charge on any atom is -0.469 e. The number of hydrogen-bond acceptors (Lipinski definition) is 2. The highest BCUT2D eigenvalue weighted by atomic mass is 79.9. The van der Waals surface area contributed by atoms with Crippen molar-refractivity contribution in [2.24, 2.45) is 0 Å². The van der Waals surface area contributed by atoms with Crippen molar-refractivity contribution in [3.8, 4) is 0 Å². The molecule has 0 aliphatic carbocycles. The molecule has 0 aliphatic rings. The Morgan fingerprint density at radius 2 is 2.17 bits per heavy atom. The van der Waals surface area contributed by atoms with Crippen molar-refractivity contribution in [1.29, 1.82) is 0 Å². The van der Waals surface area contributed by atoms with Gasteiger partial charge in [-0.3, -0.25) is 4.79 Å². The first-order valence-corrected chi connectivity index (χ1v) is 6.54. The first-order valence-electron chi connectivity index (χ1n) is 5.75. The summed E-state index contributed by atoms with van der Waals surface area (Å²) in [6.07, 6.45) is 2.33. The number of carbonyl (C=O) groups excluding carboxylic acids is 1. The molecule has 18 heavy (non-hydrogen) atoms. The van der Waals surface area contributed by atoms with Crippen LogP contribution in [0.1, 0.15) is 28.6 Å². The second-order valence-electron chi connectivity index (χ2n) is 4.06. The van der Waals surface area contributed by atoms with Gasteiger partial charge < -0.3 is 9.73 Å². The molecule has 94 valence electrons. The molecule has 3 nitrogen and oxygen atoms in total. The Bertz CT molecular complexity index is 575. The summed E-state index contributed by atoms with van der Waals surface area (Å²) in [7, 11) is 0. The Kier molecular flexibility index (Phi) is 3.87. The van der Waals surface area contributed by atoms with Crippen molar-refractivity contribution in [3.05, 3.63) is 51.9 Å². The topological polar surface area (TPSA) is 42.2 Å². The lowest BCUT2D eigenvalue weighted by Gasteiger charge is -2.09. The summed E-state index contributed by atoms with van der Waals surface area (Å²) in [5.74, 6) is 0.579. The van der Waals surface area contributed by atoms with Gasteiger partial charge in [-0.25, -0.2) is 0 Å². The van der Waals surface area contributed by atoms with Crippen LogP contribution in [-0.4, -0.2) is 5.91 Å². The molecule has 4 heteroatoms. The van der Waals surface area contributed by atoms with Crippen LogP contribution in [0.3, 0.4) is 0 Å². The molecule has 1 aromatic heterocycles. The Balaban J connectivity index is 2.21. The zero-order valence-corrected chi connectivity index (χ0v) is 11.9. The molecular weight excluding hydrogens is 294 g/mol. The fourth-order valence-electron chi connectivity index (χ4n) is 1.73. The molecule has 1 aromatic carbocycles. The summed E-state index contributed by atoms with van der Waals surface area (Å²) < 4.78 is 6.14. The highest BCUT2D eigenvalue weighted by Crippen LogP contribution is 2.22. The molecule has 0 spiro atoms. The number of benzene rings is 1. The molecule has 2 aromatic rings. The van der Waals surface area contributed by atoms with E-state index in [-0.39, 0.29) is 5.91 Å². The largest absolute Gasteiger partial charge is 0.469 e. The van der Waals surface area contributed by atoms with E-state index in [0.717, 1.165) is 27.9 Å². The summed E-state index contributed by atoms with van der Waals surface area (Å²) in [6, 6.07) is 7.54. The normalized spacial score (nSPS) is 10.4. The number of carbonyl (C=O) groups is 1. The van der Waals surface area contributed by atoms with Gasteiger partial charge in [0.1, 0.15) is 12.0 Å². The average Bonchev–Trinajstić information content (AvgIpc) is 2.78. The van der Waals surface area contributed by atoms with Crippen molar-refractivity contribution in [2.45, 2.75) is 20.3 Å². The van der Waals surface area contributed by atoms with E-state index in [1.807, 2.05) is 25.1 Å². The van der Waals surface area contributed by atoms with Crippen LogP contribution in [0.4, 0.5) is 5.69 Å². The van der Waals surface area contributed by atoms with E-state index >= 15 is 0 Å². The first-order chi connectivity index (χ1) is 8.60. The van der Waals surface area contributed by atoms with E-state index in [2.05, 4.69) is 28.2 Å². The molecule has 2 rings (SSSR count). The zero-order chi connectivity index (χ0) is 13.1. The molecule has 1 heterocycles. The lowest BCUT2D eigenvalue weighted by molar-refractivity contribution is 0.102. The third-order valence-corrected chi connectivity index (χ3v) is 3.18. The van der Waals surface area contributed by atoms with Gasteiger partial charge in [-0.05, 0) is 43.2 Å². The minimum absolute atomic E-state index is 0.149. The maximum Gasteiger partial charge on any atom is 0.258 e. The Hall–Kier alpha value is -1.55. The molecule has 0 saturated heterocycles. The fraction of sp³-hybridized carbons (Fsp3) is 0.214. The maximum atomic E-state index is 12.0. The number of rotatable bonds is 3. The molecule has 0 atom stereocenters. The van der Waals surface area contributed by atoms with Gasteiger partial charge in [0.25, 0.3) is 5.91 Å². The number of halogens is 1. The number of hydrogen-bond donors (Lipinski definition) is 1. The van der Waals surface area contributed by atoms with Gasteiger partial charge in [0.2, 0.25) is 0 Å². The van der Waals surface area contributed by atoms with Crippen molar-refractivity contribution < 1.29 is 9.21 Å². The Morgan fingerprint density at radius 1 is 1.39 bits per heavy atom. The summed E-state index contributed by atoms with van der Waals surface area (Å²) in [4.78, 5) is 12.0. The third kappa shape index (κ3) is 2.82. The molecular formula is C14H14BrNO2.